The van der Waals surface area contributed by atoms with Crippen LogP contribution in [0, 0.1) is 0 Å². The normalized spacial score (nSPS) is 17.5. The van der Waals surface area contributed by atoms with E-state index in [1.807, 2.05) is 24.3 Å². The summed E-state index contributed by atoms with van der Waals surface area (Å²) in [6.45, 7) is 3.68. The Balaban J connectivity index is 1.88. The Morgan fingerprint density at radius 3 is 2.29 bits per heavy atom. The highest BCUT2D eigenvalue weighted by Gasteiger charge is 2.30. The van der Waals surface area contributed by atoms with E-state index in [1.165, 1.54) is 0 Å². The quantitative estimate of drug-likeness (QED) is 0.572. The number of benzene rings is 2. The van der Waals surface area contributed by atoms with Gasteiger partial charge in [-0.1, -0.05) is 29.3 Å². The summed E-state index contributed by atoms with van der Waals surface area (Å²) in [5.74, 6) is 1.87. The number of piperazine rings is 1. The number of aliphatic hydroxyl groups excluding tert-OH is 1. The molecule has 3 N–H and O–H groups in total. The summed E-state index contributed by atoms with van der Waals surface area (Å²) in [7, 11) is 4.83. The van der Waals surface area contributed by atoms with E-state index in [0.29, 0.717) is 46.1 Å². The smallest absolute Gasteiger partial charge is 0.203 e. The van der Waals surface area contributed by atoms with Gasteiger partial charge in [0.15, 0.2) is 11.5 Å². The van der Waals surface area contributed by atoms with Gasteiger partial charge >= 0.3 is 0 Å². The molecule has 9 heteroatoms. The number of halogens is 2. The number of rotatable bonds is 8. The molecule has 1 aliphatic rings. The topological polar surface area (TPSA) is 80.4 Å². The summed E-state index contributed by atoms with van der Waals surface area (Å²) in [5, 5.41) is 10.4. The number of nitrogen functional groups attached to an aromatic ring is 1. The van der Waals surface area contributed by atoms with Crippen LogP contribution in [0.5, 0.6) is 17.2 Å². The number of β-amino-alcohol motifs (C(OH)–C–C–N with tert-alkyl or cyclic N) is 1. The van der Waals surface area contributed by atoms with Crippen LogP contribution in [-0.2, 0) is 6.54 Å². The molecule has 1 unspecified atom stereocenters. The van der Waals surface area contributed by atoms with E-state index >= 15 is 0 Å². The van der Waals surface area contributed by atoms with Gasteiger partial charge in [0.25, 0.3) is 0 Å². The fourth-order valence-electron chi connectivity index (χ4n) is 4.06. The maximum atomic E-state index is 9.54. The van der Waals surface area contributed by atoms with Crippen LogP contribution < -0.4 is 19.9 Å². The monoisotopic (exact) mass is 469 g/mol. The molecule has 2 aromatic carbocycles. The lowest BCUT2D eigenvalue weighted by Crippen LogP contribution is -2.48. The molecule has 1 fully saturated rings. The van der Waals surface area contributed by atoms with Crippen LogP contribution in [0.25, 0.3) is 0 Å². The van der Waals surface area contributed by atoms with Crippen molar-refractivity contribution in [3.8, 4) is 17.2 Å². The molecule has 0 spiro atoms. The van der Waals surface area contributed by atoms with E-state index in [1.54, 1.807) is 21.3 Å². The first-order valence-corrected chi connectivity index (χ1v) is 10.8. The molecule has 31 heavy (non-hydrogen) atoms. The van der Waals surface area contributed by atoms with Crippen LogP contribution in [0.1, 0.15) is 17.2 Å². The van der Waals surface area contributed by atoms with Crippen molar-refractivity contribution in [1.82, 2.24) is 9.80 Å². The predicted octanol–water partition coefficient (Wildman–Crippen LogP) is 3.45. The third-order valence-electron chi connectivity index (χ3n) is 5.63. The number of hydrogen-bond donors (Lipinski definition) is 2. The van der Waals surface area contributed by atoms with Crippen molar-refractivity contribution in [2.45, 2.75) is 12.6 Å². The maximum Gasteiger partial charge on any atom is 0.203 e. The fourth-order valence-corrected chi connectivity index (χ4v) is 4.56. The van der Waals surface area contributed by atoms with Crippen LogP contribution in [0.15, 0.2) is 24.3 Å². The molecule has 0 aliphatic carbocycles. The summed E-state index contributed by atoms with van der Waals surface area (Å²) in [6, 6.07) is 7.61. The van der Waals surface area contributed by atoms with Gasteiger partial charge in [0.1, 0.15) is 0 Å². The zero-order chi connectivity index (χ0) is 22.5. The molecule has 1 heterocycles. The highest BCUT2D eigenvalue weighted by atomic mass is 35.5. The van der Waals surface area contributed by atoms with Gasteiger partial charge in [-0.25, -0.2) is 0 Å². The van der Waals surface area contributed by atoms with Gasteiger partial charge in [0.2, 0.25) is 5.75 Å². The molecule has 1 atom stereocenters. The molecule has 0 bridgehead atoms. The number of ether oxygens (including phenoxy) is 3. The first-order valence-electron chi connectivity index (χ1n) is 10.0. The van der Waals surface area contributed by atoms with Crippen LogP contribution in [0.3, 0.4) is 0 Å². The average molecular weight is 470 g/mol. The van der Waals surface area contributed by atoms with Crippen molar-refractivity contribution >= 4 is 28.9 Å². The molecular formula is C22H29Cl2N3O4. The van der Waals surface area contributed by atoms with Crippen molar-refractivity contribution in [3.63, 3.8) is 0 Å². The van der Waals surface area contributed by atoms with Gasteiger partial charge < -0.3 is 25.1 Å². The third kappa shape index (κ3) is 5.13. The highest BCUT2D eigenvalue weighted by Crippen LogP contribution is 2.41. The number of aliphatic hydroxyl groups is 1. The summed E-state index contributed by atoms with van der Waals surface area (Å²) >= 11 is 12.6. The lowest BCUT2D eigenvalue weighted by molar-refractivity contribution is 0.0554. The lowest BCUT2D eigenvalue weighted by atomic mass is 10.0. The largest absolute Gasteiger partial charge is 0.493 e. The molecule has 1 aliphatic heterocycles. The van der Waals surface area contributed by atoms with Gasteiger partial charge in [0, 0.05) is 44.3 Å². The molecule has 0 aromatic heterocycles. The summed E-state index contributed by atoms with van der Waals surface area (Å²) in [4.78, 5) is 4.57. The van der Waals surface area contributed by atoms with E-state index in [0.717, 1.165) is 30.8 Å². The van der Waals surface area contributed by atoms with Crippen molar-refractivity contribution in [3.05, 3.63) is 45.4 Å². The predicted molar refractivity (Wildman–Crippen MR) is 124 cm³/mol. The molecule has 0 saturated carbocycles. The van der Waals surface area contributed by atoms with E-state index in [-0.39, 0.29) is 12.6 Å². The minimum atomic E-state index is 0.0163. The summed E-state index contributed by atoms with van der Waals surface area (Å²) < 4.78 is 16.6. The van der Waals surface area contributed by atoms with Gasteiger partial charge in [-0.05, 0) is 23.8 Å². The number of methoxy groups -OCH3 is 3. The molecule has 0 radical (unpaired) electrons. The average Bonchev–Trinajstić information content (AvgIpc) is 2.77. The Morgan fingerprint density at radius 2 is 1.71 bits per heavy atom. The fraction of sp³-hybridized carbons (Fsp3) is 0.455. The zero-order valence-corrected chi connectivity index (χ0v) is 19.5. The van der Waals surface area contributed by atoms with Gasteiger partial charge in [0.05, 0.1) is 43.7 Å². The summed E-state index contributed by atoms with van der Waals surface area (Å²) in [6.07, 6.45) is 0. The standard InChI is InChI=1S/C22H29Cl2N3O4/c1-29-19-5-4-14(21(30-2)22(19)31-3)12-26-6-7-27(8-9-28)18(13-26)15-10-16(23)20(25)17(24)11-15/h4-5,10-11,18,28H,6-9,12-13,25H2,1-3H3. The number of nitrogens with zero attached hydrogens (tertiary/aromatic N) is 2. The van der Waals surface area contributed by atoms with Crippen molar-refractivity contribution < 1.29 is 19.3 Å². The van der Waals surface area contributed by atoms with Crippen LogP contribution in [-0.4, -0.2) is 69.0 Å². The SMILES string of the molecule is COc1ccc(CN2CCN(CCO)C(c3cc(Cl)c(N)c(Cl)c3)C2)c(OC)c1OC. The second kappa shape index (κ2) is 10.6. The Bertz CT molecular complexity index is 890. The van der Waals surface area contributed by atoms with Gasteiger partial charge in [-0.2, -0.15) is 0 Å². The minimum absolute atomic E-state index is 0.0163. The van der Waals surface area contributed by atoms with E-state index < -0.39 is 0 Å². The van der Waals surface area contributed by atoms with Crippen LogP contribution >= 0.6 is 23.2 Å². The van der Waals surface area contributed by atoms with Crippen molar-refractivity contribution in [2.75, 3.05) is 59.8 Å². The summed E-state index contributed by atoms with van der Waals surface area (Å²) in [5.41, 5.74) is 8.28. The van der Waals surface area contributed by atoms with E-state index in [9.17, 15) is 5.11 Å². The third-order valence-corrected chi connectivity index (χ3v) is 6.25. The Kier molecular flexibility index (Phi) is 8.13. The van der Waals surface area contributed by atoms with E-state index in [2.05, 4.69) is 9.80 Å². The number of hydrogen-bond acceptors (Lipinski definition) is 7. The maximum absolute atomic E-state index is 9.54. The van der Waals surface area contributed by atoms with Crippen LogP contribution in [0.4, 0.5) is 5.69 Å². The van der Waals surface area contributed by atoms with Crippen LogP contribution in [0.2, 0.25) is 10.0 Å². The molecular weight excluding hydrogens is 441 g/mol. The van der Waals surface area contributed by atoms with Gasteiger partial charge in [-0.3, -0.25) is 9.80 Å². The zero-order valence-electron chi connectivity index (χ0n) is 18.0. The van der Waals surface area contributed by atoms with E-state index in [4.69, 9.17) is 43.1 Å². The first kappa shape index (κ1) is 23.8. The number of nitrogens with two attached hydrogens (primary N) is 1. The first-order chi connectivity index (χ1) is 14.9. The Hall–Kier alpha value is -1.90. The van der Waals surface area contributed by atoms with Crippen molar-refractivity contribution in [2.24, 2.45) is 0 Å². The molecule has 170 valence electrons. The molecule has 2 aromatic rings. The highest BCUT2D eigenvalue weighted by molar-refractivity contribution is 6.38. The molecule has 1 saturated heterocycles. The second-order valence-corrected chi connectivity index (χ2v) is 8.22. The molecule has 0 amide bonds. The molecule has 3 rings (SSSR count). The second-order valence-electron chi connectivity index (χ2n) is 7.40. The van der Waals surface area contributed by atoms with Gasteiger partial charge in [-0.15, -0.1) is 0 Å². The lowest BCUT2D eigenvalue weighted by Gasteiger charge is -2.42. The Labute approximate surface area is 193 Å². The number of anilines is 1. The minimum Gasteiger partial charge on any atom is -0.493 e. The Morgan fingerprint density at radius 1 is 1.03 bits per heavy atom. The molecule has 7 nitrogen and oxygen atoms in total. The van der Waals surface area contributed by atoms with Crippen molar-refractivity contribution in [1.29, 1.82) is 0 Å².